The fraction of sp³-hybridized carbons (Fsp3) is 0.300. The number of hydrogen-bond donors (Lipinski definition) is 1. The predicted molar refractivity (Wildman–Crippen MR) is 140 cm³/mol. The van der Waals surface area contributed by atoms with Crippen LogP contribution in [0.15, 0.2) is 109 Å². The molecule has 0 aromatic heterocycles. The van der Waals surface area contributed by atoms with Crippen molar-refractivity contribution in [2.45, 2.75) is 44.3 Å². The van der Waals surface area contributed by atoms with Gasteiger partial charge in [-0.05, 0) is 16.7 Å². The fourth-order valence-corrected chi connectivity index (χ4v) is 4.68. The third-order valence-corrected chi connectivity index (χ3v) is 6.42. The van der Waals surface area contributed by atoms with Crippen LogP contribution in [0.25, 0.3) is 0 Å². The van der Waals surface area contributed by atoms with Crippen molar-refractivity contribution in [3.8, 4) is 0 Å². The van der Waals surface area contributed by atoms with Crippen LogP contribution in [0.5, 0.6) is 0 Å². The van der Waals surface area contributed by atoms with Crippen LogP contribution in [0, 0.1) is 0 Å². The Labute approximate surface area is 208 Å². The Bertz CT molecular complexity index is 1060. The molecule has 1 aliphatic heterocycles. The molecule has 5 nitrogen and oxygen atoms in total. The number of oxime groups is 1. The van der Waals surface area contributed by atoms with Crippen LogP contribution in [0.4, 0.5) is 0 Å². The molecule has 35 heavy (non-hydrogen) atoms. The minimum Gasteiger partial charge on any atom is -0.411 e. The summed E-state index contributed by atoms with van der Waals surface area (Å²) in [6.07, 6.45) is 2.81. The van der Waals surface area contributed by atoms with Gasteiger partial charge in [0.25, 0.3) is 0 Å². The second-order valence-electron chi connectivity index (χ2n) is 8.94. The van der Waals surface area contributed by atoms with Crippen LogP contribution >= 0.6 is 0 Å². The minimum atomic E-state index is -0.175. The largest absolute Gasteiger partial charge is 0.411 e. The van der Waals surface area contributed by atoms with Gasteiger partial charge in [0.1, 0.15) is 6.10 Å². The number of likely N-dealkylation sites (tertiary alicyclic amines) is 1. The van der Waals surface area contributed by atoms with Crippen LogP contribution in [-0.4, -0.2) is 47.2 Å². The molecular weight excluding hydrogens is 436 g/mol. The maximum absolute atomic E-state index is 9.85. The smallest absolute Gasteiger partial charge is 0.101 e. The lowest BCUT2D eigenvalue weighted by Crippen LogP contribution is -2.40. The zero-order valence-electron chi connectivity index (χ0n) is 20.1. The molecule has 3 aromatic carbocycles. The SMILES string of the molecule is C=CCN1C[C@@H](OCc2ccccc2)[C@H](OCc2ccccc2)[C@H]1CC(Cc1ccccc1)=NO. The first-order valence-electron chi connectivity index (χ1n) is 12.2. The Morgan fingerprint density at radius 2 is 1.40 bits per heavy atom. The molecule has 5 heteroatoms. The van der Waals surface area contributed by atoms with E-state index in [1.54, 1.807) is 0 Å². The molecule has 0 spiro atoms. The first-order valence-corrected chi connectivity index (χ1v) is 12.2. The fourth-order valence-electron chi connectivity index (χ4n) is 4.68. The standard InChI is InChI=1S/C30H34N2O3/c1-2-18-32-21-29(34-22-25-14-8-4-9-15-25)30(35-23-26-16-10-5-11-17-26)28(32)20-27(31-33)19-24-12-6-3-7-13-24/h2-17,28-30,33H,1,18-23H2/t28-,29-,30-/m1/s1. The molecule has 1 aliphatic rings. The molecule has 3 atom stereocenters. The van der Waals surface area contributed by atoms with E-state index in [9.17, 15) is 5.21 Å². The molecule has 0 radical (unpaired) electrons. The number of ether oxygens (including phenoxy) is 2. The molecule has 3 aromatic rings. The highest BCUT2D eigenvalue weighted by molar-refractivity contribution is 5.86. The van der Waals surface area contributed by atoms with Gasteiger partial charge < -0.3 is 14.7 Å². The van der Waals surface area contributed by atoms with Crippen molar-refractivity contribution in [3.63, 3.8) is 0 Å². The van der Waals surface area contributed by atoms with Crippen LogP contribution in [0.2, 0.25) is 0 Å². The van der Waals surface area contributed by atoms with Crippen LogP contribution in [0.1, 0.15) is 23.1 Å². The van der Waals surface area contributed by atoms with E-state index < -0.39 is 0 Å². The molecule has 0 bridgehead atoms. The summed E-state index contributed by atoms with van der Waals surface area (Å²) in [4.78, 5) is 2.33. The highest BCUT2D eigenvalue weighted by atomic mass is 16.5. The van der Waals surface area contributed by atoms with Gasteiger partial charge in [0.15, 0.2) is 0 Å². The number of nitrogens with zero attached hydrogens (tertiary/aromatic N) is 2. The summed E-state index contributed by atoms with van der Waals surface area (Å²) in [6, 6.07) is 30.5. The molecule has 182 valence electrons. The highest BCUT2D eigenvalue weighted by Gasteiger charge is 2.43. The van der Waals surface area contributed by atoms with Gasteiger partial charge in [0.2, 0.25) is 0 Å². The molecule has 0 saturated carbocycles. The van der Waals surface area contributed by atoms with Crippen molar-refractivity contribution in [1.29, 1.82) is 0 Å². The molecule has 1 heterocycles. The number of hydrogen-bond acceptors (Lipinski definition) is 5. The Morgan fingerprint density at radius 1 is 0.857 bits per heavy atom. The van der Waals surface area contributed by atoms with Crippen molar-refractivity contribution in [2.24, 2.45) is 5.16 Å². The molecule has 1 saturated heterocycles. The van der Waals surface area contributed by atoms with Crippen LogP contribution in [0.3, 0.4) is 0 Å². The molecule has 4 rings (SSSR count). The van der Waals surface area contributed by atoms with Gasteiger partial charge >= 0.3 is 0 Å². The summed E-state index contributed by atoms with van der Waals surface area (Å²) in [6.45, 7) is 6.43. The summed E-state index contributed by atoms with van der Waals surface area (Å²) >= 11 is 0. The third kappa shape index (κ3) is 7.12. The maximum atomic E-state index is 9.85. The molecule has 1 fully saturated rings. The summed E-state index contributed by atoms with van der Waals surface area (Å²) in [5.41, 5.74) is 4.10. The van der Waals surface area contributed by atoms with Crippen molar-refractivity contribution in [3.05, 3.63) is 120 Å². The van der Waals surface area contributed by atoms with E-state index in [-0.39, 0.29) is 18.2 Å². The van der Waals surface area contributed by atoms with E-state index >= 15 is 0 Å². The average molecular weight is 471 g/mol. The van der Waals surface area contributed by atoms with Crippen molar-refractivity contribution in [1.82, 2.24) is 4.90 Å². The molecule has 1 N–H and O–H groups in total. The van der Waals surface area contributed by atoms with E-state index in [4.69, 9.17) is 9.47 Å². The quantitative estimate of drug-likeness (QED) is 0.165. The van der Waals surface area contributed by atoms with Crippen molar-refractivity contribution >= 4 is 5.71 Å². The summed E-state index contributed by atoms with van der Waals surface area (Å²) < 4.78 is 13.0. The van der Waals surface area contributed by atoms with E-state index in [0.717, 1.165) is 28.9 Å². The van der Waals surface area contributed by atoms with Gasteiger partial charge in [-0.1, -0.05) is 102 Å². The van der Waals surface area contributed by atoms with Gasteiger partial charge in [-0.15, -0.1) is 6.58 Å². The number of benzene rings is 3. The van der Waals surface area contributed by atoms with E-state index in [0.29, 0.717) is 32.6 Å². The molecule has 0 amide bonds. The van der Waals surface area contributed by atoms with Gasteiger partial charge in [-0.25, -0.2) is 0 Å². The predicted octanol–water partition coefficient (Wildman–Crippen LogP) is 5.49. The van der Waals surface area contributed by atoms with Gasteiger partial charge in [-0.2, -0.15) is 0 Å². The Kier molecular flexibility index (Phi) is 9.24. The third-order valence-electron chi connectivity index (χ3n) is 6.42. The average Bonchev–Trinajstić information content (AvgIpc) is 3.23. The monoisotopic (exact) mass is 470 g/mol. The second-order valence-corrected chi connectivity index (χ2v) is 8.94. The normalized spacial score (nSPS) is 20.7. The Hall–Kier alpha value is -3.25. The Balaban J connectivity index is 1.52. The summed E-state index contributed by atoms with van der Waals surface area (Å²) in [5, 5.41) is 13.5. The topological polar surface area (TPSA) is 54.3 Å². The lowest BCUT2D eigenvalue weighted by molar-refractivity contribution is -0.0700. The summed E-state index contributed by atoms with van der Waals surface area (Å²) in [5.74, 6) is 0. The molecular formula is C30H34N2O3. The second kappa shape index (κ2) is 13.0. The number of rotatable bonds is 12. The molecule has 0 unspecified atom stereocenters. The Morgan fingerprint density at radius 3 is 1.94 bits per heavy atom. The van der Waals surface area contributed by atoms with Crippen molar-refractivity contribution < 1.29 is 14.7 Å². The van der Waals surface area contributed by atoms with Crippen LogP contribution in [-0.2, 0) is 29.1 Å². The van der Waals surface area contributed by atoms with E-state index in [1.807, 2.05) is 60.7 Å². The van der Waals surface area contributed by atoms with Gasteiger partial charge in [0.05, 0.1) is 25.0 Å². The highest BCUT2D eigenvalue weighted by Crippen LogP contribution is 2.29. The maximum Gasteiger partial charge on any atom is 0.101 e. The zero-order valence-corrected chi connectivity index (χ0v) is 20.1. The van der Waals surface area contributed by atoms with Crippen LogP contribution < -0.4 is 0 Å². The van der Waals surface area contributed by atoms with Crippen molar-refractivity contribution in [2.75, 3.05) is 13.1 Å². The van der Waals surface area contributed by atoms with Gasteiger partial charge in [0, 0.05) is 32.0 Å². The summed E-state index contributed by atoms with van der Waals surface area (Å²) in [7, 11) is 0. The lowest BCUT2D eigenvalue weighted by Gasteiger charge is -2.28. The van der Waals surface area contributed by atoms with E-state index in [1.165, 1.54) is 0 Å². The minimum absolute atomic E-state index is 0.00657. The first-order chi connectivity index (χ1) is 17.3. The first kappa shape index (κ1) is 24.9. The zero-order chi connectivity index (χ0) is 24.3. The van der Waals surface area contributed by atoms with Gasteiger partial charge in [-0.3, -0.25) is 4.90 Å². The lowest BCUT2D eigenvalue weighted by atomic mass is 9.98. The van der Waals surface area contributed by atoms with E-state index in [2.05, 4.69) is 53.0 Å². The molecule has 0 aliphatic carbocycles.